The fraction of sp³-hybridized carbons (Fsp3) is 0.462. The number of carbonyl (C=O) groups excluding carboxylic acids is 1. The molecule has 1 heterocycles. The van der Waals surface area contributed by atoms with Gasteiger partial charge in [0.05, 0.1) is 24.1 Å². The normalized spacial score (nSPS) is 18.1. The molecule has 0 aromatic heterocycles. The highest BCUT2D eigenvalue weighted by atomic mass is 32.2. The average molecular weight is 283 g/mol. The number of esters is 1. The van der Waals surface area contributed by atoms with E-state index in [1.807, 2.05) is 6.92 Å². The van der Waals surface area contributed by atoms with Gasteiger partial charge in [0.1, 0.15) is 0 Å². The molecular formula is C13H17NO4S. The lowest BCUT2D eigenvalue weighted by molar-refractivity contribution is 0.0600. The SMILES string of the molecule is COC(=O)c1ccc(C)c(N2CCCCS2(=O)=O)c1. The second kappa shape index (κ2) is 5.21. The van der Waals surface area contributed by atoms with Gasteiger partial charge in [-0.15, -0.1) is 0 Å². The Hall–Kier alpha value is -1.56. The number of methoxy groups -OCH3 is 1. The molecule has 0 amide bonds. The molecule has 1 aromatic carbocycles. The number of benzene rings is 1. The molecule has 5 nitrogen and oxygen atoms in total. The molecule has 0 spiro atoms. The monoisotopic (exact) mass is 283 g/mol. The Bertz CT molecular complexity index is 595. The van der Waals surface area contributed by atoms with Crippen molar-refractivity contribution in [1.82, 2.24) is 0 Å². The lowest BCUT2D eigenvalue weighted by Gasteiger charge is -2.29. The first kappa shape index (κ1) is 13.9. The van der Waals surface area contributed by atoms with E-state index in [0.717, 1.165) is 12.0 Å². The van der Waals surface area contributed by atoms with Crippen LogP contribution >= 0.6 is 0 Å². The van der Waals surface area contributed by atoms with Gasteiger partial charge < -0.3 is 4.74 Å². The summed E-state index contributed by atoms with van der Waals surface area (Å²) in [7, 11) is -1.96. The predicted octanol–water partition coefficient (Wildman–Crippen LogP) is 1.71. The Balaban J connectivity index is 2.46. The number of sulfonamides is 1. The molecule has 1 aromatic rings. The molecule has 0 radical (unpaired) electrons. The third-order valence-electron chi connectivity index (χ3n) is 3.25. The fourth-order valence-corrected chi connectivity index (χ4v) is 3.88. The van der Waals surface area contributed by atoms with Crippen molar-refractivity contribution in [2.24, 2.45) is 0 Å². The summed E-state index contributed by atoms with van der Waals surface area (Å²) in [6.45, 7) is 2.30. The Morgan fingerprint density at radius 1 is 1.32 bits per heavy atom. The first-order valence-electron chi connectivity index (χ1n) is 6.15. The smallest absolute Gasteiger partial charge is 0.337 e. The van der Waals surface area contributed by atoms with Gasteiger partial charge in [-0.3, -0.25) is 4.31 Å². The highest BCUT2D eigenvalue weighted by Gasteiger charge is 2.27. The minimum atomic E-state index is -3.27. The van der Waals surface area contributed by atoms with Gasteiger partial charge in [-0.05, 0) is 37.5 Å². The zero-order valence-corrected chi connectivity index (χ0v) is 11.9. The summed E-state index contributed by atoms with van der Waals surface area (Å²) in [5.41, 5.74) is 1.77. The van der Waals surface area contributed by atoms with Crippen molar-refractivity contribution in [2.75, 3.05) is 23.7 Å². The average Bonchev–Trinajstić information content (AvgIpc) is 2.38. The molecule has 1 saturated heterocycles. The summed E-state index contributed by atoms with van der Waals surface area (Å²) in [5, 5.41) is 0. The first-order valence-corrected chi connectivity index (χ1v) is 7.76. The van der Waals surface area contributed by atoms with E-state index in [2.05, 4.69) is 4.74 Å². The van der Waals surface area contributed by atoms with Gasteiger partial charge >= 0.3 is 5.97 Å². The van der Waals surface area contributed by atoms with Crippen molar-refractivity contribution < 1.29 is 17.9 Å². The lowest BCUT2D eigenvalue weighted by Crippen LogP contribution is -2.38. The molecule has 0 atom stereocenters. The summed E-state index contributed by atoms with van der Waals surface area (Å²) in [6, 6.07) is 4.97. The molecule has 104 valence electrons. The maximum absolute atomic E-state index is 12.1. The van der Waals surface area contributed by atoms with Gasteiger partial charge in [0, 0.05) is 6.54 Å². The minimum Gasteiger partial charge on any atom is -0.465 e. The molecule has 1 aliphatic rings. The van der Waals surface area contributed by atoms with Crippen LogP contribution < -0.4 is 4.31 Å². The second-order valence-corrected chi connectivity index (χ2v) is 6.60. The van der Waals surface area contributed by atoms with E-state index in [4.69, 9.17) is 0 Å². The van der Waals surface area contributed by atoms with E-state index in [-0.39, 0.29) is 5.75 Å². The Morgan fingerprint density at radius 3 is 2.68 bits per heavy atom. The van der Waals surface area contributed by atoms with Crippen LogP contribution in [0.4, 0.5) is 5.69 Å². The summed E-state index contributed by atoms with van der Waals surface area (Å²) < 4.78 is 30.3. The highest BCUT2D eigenvalue weighted by Crippen LogP contribution is 2.28. The van der Waals surface area contributed by atoms with E-state index in [9.17, 15) is 13.2 Å². The van der Waals surface area contributed by atoms with Crippen LogP contribution in [0, 0.1) is 6.92 Å². The Morgan fingerprint density at radius 2 is 2.05 bits per heavy atom. The zero-order valence-electron chi connectivity index (χ0n) is 11.0. The van der Waals surface area contributed by atoms with Crippen LogP contribution in [0.3, 0.4) is 0 Å². The molecule has 2 rings (SSSR count). The summed E-state index contributed by atoms with van der Waals surface area (Å²) in [5.74, 6) is -0.301. The van der Waals surface area contributed by atoms with Crippen molar-refractivity contribution in [1.29, 1.82) is 0 Å². The predicted molar refractivity (Wildman–Crippen MR) is 72.9 cm³/mol. The molecular weight excluding hydrogens is 266 g/mol. The largest absolute Gasteiger partial charge is 0.465 e. The van der Waals surface area contributed by atoms with Crippen molar-refractivity contribution in [3.63, 3.8) is 0 Å². The van der Waals surface area contributed by atoms with Crippen LogP contribution in [0.15, 0.2) is 18.2 Å². The molecule has 0 N–H and O–H groups in total. The third kappa shape index (κ3) is 2.73. The van der Waals surface area contributed by atoms with Gasteiger partial charge in [0.25, 0.3) is 0 Å². The van der Waals surface area contributed by atoms with Gasteiger partial charge in [-0.2, -0.15) is 0 Å². The van der Waals surface area contributed by atoms with E-state index in [1.165, 1.54) is 11.4 Å². The summed E-state index contributed by atoms with van der Waals surface area (Å²) in [4.78, 5) is 11.5. The minimum absolute atomic E-state index is 0.162. The van der Waals surface area contributed by atoms with Crippen molar-refractivity contribution in [3.8, 4) is 0 Å². The van der Waals surface area contributed by atoms with Gasteiger partial charge in [-0.25, -0.2) is 13.2 Å². The fourth-order valence-electron chi connectivity index (χ4n) is 2.18. The van der Waals surface area contributed by atoms with Crippen LogP contribution in [-0.4, -0.2) is 33.8 Å². The van der Waals surface area contributed by atoms with Gasteiger partial charge in [0.2, 0.25) is 10.0 Å². The Labute approximate surface area is 113 Å². The number of aryl methyl sites for hydroxylation is 1. The lowest BCUT2D eigenvalue weighted by atomic mass is 10.1. The number of nitrogens with zero attached hydrogens (tertiary/aromatic N) is 1. The molecule has 0 saturated carbocycles. The third-order valence-corrected chi connectivity index (χ3v) is 5.10. The maximum atomic E-state index is 12.1. The summed E-state index contributed by atoms with van der Waals surface area (Å²) in [6.07, 6.45) is 1.52. The van der Waals surface area contributed by atoms with Crippen molar-refractivity contribution in [2.45, 2.75) is 19.8 Å². The van der Waals surface area contributed by atoms with Crippen molar-refractivity contribution in [3.05, 3.63) is 29.3 Å². The number of hydrogen-bond acceptors (Lipinski definition) is 4. The quantitative estimate of drug-likeness (QED) is 0.775. The van der Waals surface area contributed by atoms with E-state index in [0.29, 0.717) is 24.2 Å². The number of rotatable bonds is 2. The topological polar surface area (TPSA) is 63.7 Å². The molecule has 19 heavy (non-hydrogen) atoms. The number of hydrogen-bond donors (Lipinski definition) is 0. The summed E-state index contributed by atoms with van der Waals surface area (Å²) >= 11 is 0. The molecule has 0 aliphatic carbocycles. The molecule has 6 heteroatoms. The maximum Gasteiger partial charge on any atom is 0.337 e. The van der Waals surface area contributed by atoms with Crippen LogP contribution in [0.1, 0.15) is 28.8 Å². The van der Waals surface area contributed by atoms with Crippen molar-refractivity contribution >= 4 is 21.7 Å². The van der Waals surface area contributed by atoms with E-state index < -0.39 is 16.0 Å². The highest BCUT2D eigenvalue weighted by molar-refractivity contribution is 7.92. The molecule has 1 fully saturated rings. The Kier molecular flexibility index (Phi) is 3.80. The standard InChI is InChI=1S/C13H17NO4S/c1-10-5-6-11(13(15)18-2)9-12(10)14-7-3-4-8-19(14,16)17/h5-6,9H,3-4,7-8H2,1-2H3. The molecule has 1 aliphatic heterocycles. The van der Waals surface area contributed by atoms with E-state index >= 15 is 0 Å². The number of anilines is 1. The van der Waals surface area contributed by atoms with Gasteiger partial charge in [-0.1, -0.05) is 6.07 Å². The first-order chi connectivity index (χ1) is 8.95. The van der Waals surface area contributed by atoms with Crippen LogP contribution in [0.2, 0.25) is 0 Å². The second-order valence-electron chi connectivity index (χ2n) is 4.59. The van der Waals surface area contributed by atoms with E-state index in [1.54, 1.807) is 18.2 Å². The van der Waals surface area contributed by atoms with Gasteiger partial charge in [0.15, 0.2) is 0 Å². The van der Waals surface area contributed by atoms with Crippen LogP contribution in [0.25, 0.3) is 0 Å². The number of carbonyl (C=O) groups is 1. The van der Waals surface area contributed by atoms with Crippen LogP contribution in [0.5, 0.6) is 0 Å². The molecule has 0 bridgehead atoms. The van der Waals surface area contributed by atoms with Crippen LogP contribution in [-0.2, 0) is 14.8 Å². The molecule has 0 unspecified atom stereocenters. The number of ether oxygens (including phenoxy) is 1. The zero-order chi connectivity index (χ0) is 14.0.